The highest BCUT2D eigenvalue weighted by Gasteiger charge is 2.24. The van der Waals surface area contributed by atoms with Crippen LogP contribution in [0.15, 0.2) is 39.3 Å². The van der Waals surface area contributed by atoms with E-state index in [1.165, 1.54) is 41.1 Å². The van der Waals surface area contributed by atoms with Gasteiger partial charge in [-0.05, 0) is 28.1 Å². The summed E-state index contributed by atoms with van der Waals surface area (Å²) in [7, 11) is -2.11. The van der Waals surface area contributed by atoms with E-state index in [2.05, 4.69) is 20.9 Å². The second-order valence-electron chi connectivity index (χ2n) is 3.80. The molecule has 0 saturated carbocycles. The van der Waals surface area contributed by atoms with Crippen molar-refractivity contribution in [2.75, 3.05) is 7.05 Å². The minimum Gasteiger partial charge on any atom is -0.263 e. The van der Waals surface area contributed by atoms with E-state index in [0.717, 1.165) is 9.35 Å². The molecule has 2 aromatic heterocycles. The van der Waals surface area contributed by atoms with E-state index in [1.54, 1.807) is 0 Å². The van der Waals surface area contributed by atoms with Crippen molar-refractivity contribution >= 4 is 48.9 Å². The summed E-state index contributed by atoms with van der Waals surface area (Å²) in [5.74, 6) is 0. The molecule has 0 saturated heterocycles. The average Bonchev–Trinajstić information content (AvgIpc) is 2.75. The number of halogens is 2. The van der Waals surface area contributed by atoms with Gasteiger partial charge in [0.2, 0.25) is 10.0 Å². The van der Waals surface area contributed by atoms with Crippen LogP contribution in [0.2, 0.25) is 5.02 Å². The Morgan fingerprint density at radius 1 is 1.53 bits per heavy atom. The van der Waals surface area contributed by atoms with E-state index in [1.807, 2.05) is 11.4 Å². The van der Waals surface area contributed by atoms with Gasteiger partial charge in [0.15, 0.2) is 0 Å². The van der Waals surface area contributed by atoms with E-state index in [0.29, 0.717) is 6.54 Å². The maximum absolute atomic E-state index is 12.4. The Kier molecular flexibility index (Phi) is 4.62. The molecule has 2 rings (SSSR count). The lowest BCUT2D eigenvalue weighted by Crippen LogP contribution is -2.26. The molecule has 0 radical (unpaired) electrons. The number of thiophene rings is 1. The van der Waals surface area contributed by atoms with Gasteiger partial charge in [-0.3, -0.25) is 4.98 Å². The van der Waals surface area contributed by atoms with Gasteiger partial charge < -0.3 is 0 Å². The fourth-order valence-corrected chi connectivity index (χ4v) is 4.60. The van der Waals surface area contributed by atoms with Crippen LogP contribution in [0.4, 0.5) is 0 Å². The fourth-order valence-electron chi connectivity index (χ4n) is 1.46. The molecule has 0 bridgehead atoms. The molecule has 0 unspecified atom stereocenters. The second-order valence-corrected chi connectivity index (χ2v) is 8.13. The van der Waals surface area contributed by atoms with E-state index in [-0.39, 0.29) is 9.92 Å². The van der Waals surface area contributed by atoms with Crippen molar-refractivity contribution in [2.45, 2.75) is 11.4 Å². The summed E-state index contributed by atoms with van der Waals surface area (Å²) in [6.07, 6.45) is 2.72. The molecule has 0 spiro atoms. The number of rotatable bonds is 4. The summed E-state index contributed by atoms with van der Waals surface area (Å²) in [5.41, 5.74) is 0. The molecule has 0 N–H and O–H groups in total. The van der Waals surface area contributed by atoms with Gasteiger partial charge in [0.05, 0.1) is 5.02 Å². The first-order valence-corrected chi connectivity index (χ1v) is 8.69. The number of hydrogen-bond acceptors (Lipinski definition) is 4. The Labute approximate surface area is 129 Å². The first-order chi connectivity index (χ1) is 8.91. The van der Waals surface area contributed by atoms with Crippen LogP contribution in [0.3, 0.4) is 0 Å². The fraction of sp³-hybridized carbons (Fsp3) is 0.182. The topological polar surface area (TPSA) is 50.3 Å². The van der Waals surface area contributed by atoms with E-state index >= 15 is 0 Å². The molecule has 2 heterocycles. The normalized spacial score (nSPS) is 12.0. The highest BCUT2D eigenvalue weighted by Crippen LogP contribution is 2.26. The maximum atomic E-state index is 12.4. The number of sulfonamides is 1. The van der Waals surface area contributed by atoms with Crippen molar-refractivity contribution in [3.63, 3.8) is 0 Å². The van der Waals surface area contributed by atoms with Gasteiger partial charge in [-0.2, -0.15) is 4.31 Å². The van der Waals surface area contributed by atoms with Crippen LogP contribution in [0, 0.1) is 0 Å². The highest BCUT2D eigenvalue weighted by atomic mass is 79.9. The molecule has 0 fully saturated rings. The third-order valence-electron chi connectivity index (χ3n) is 2.42. The van der Waals surface area contributed by atoms with Gasteiger partial charge in [0.1, 0.15) is 4.90 Å². The number of aromatic nitrogens is 1. The summed E-state index contributed by atoms with van der Waals surface area (Å²) in [6, 6.07) is 3.35. The molecule has 4 nitrogen and oxygen atoms in total. The Hall–Kier alpha value is -0.470. The van der Waals surface area contributed by atoms with Crippen LogP contribution in [-0.2, 0) is 16.6 Å². The summed E-state index contributed by atoms with van der Waals surface area (Å²) in [5, 5.41) is 2.08. The third-order valence-corrected chi connectivity index (χ3v) is 6.38. The highest BCUT2D eigenvalue weighted by molar-refractivity contribution is 9.10. The number of nitrogens with zero attached hydrogens (tertiary/aromatic N) is 2. The zero-order valence-corrected chi connectivity index (χ0v) is 13.9. The second kappa shape index (κ2) is 5.88. The van der Waals surface area contributed by atoms with E-state index in [9.17, 15) is 8.42 Å². The van der Waals surface area contributed by atoms with Crippen molar-refractivity contribution in [2.24, 2.45) is 0 Å². The molecule has 0 aliphatic rings. The Morgan fingerprint density at radius 2 is 2.26 bits per heavy atom. The zero-order chi connectivity index (χ0) is 14.0. The summed E-state index contributed by atoms with van der Waals surface area (Å²) in [4.78, 5) is 4.78. The van der Waals surface area contributed by atoms with Crippen LogP contribution in [0.1, 0.15) is 4.88 Å². The van der Waals surface area contributed by atoms with Gasteiger partial charge in [-0.1, -0.05) is 11.6 Å². The minimum absolute atomic E-state index is 0.0230. The Morgan fingerprint density at radius 3 is 2.84 bits per heavy atom. The van der Waals surface area contributed by atoms with Gasteiger partial charge >= 0.3 is 0 Å². The monoisotopic (exact) mass is 380 g/mol. The lowest BCUT2D eigenvalue weighted by molar-refractivity contribution is 0.469. The van der Waals surface area contributed by atoms with Gasteiger partial charge in [0.25, 0.3) is 0 Å². The molecule has 0 amide bonds. The zero-order valence-electron chi connectivity index (χ0n) is 9.88. The standard InChI is InChI=1S/C11H10BrClN2O2S2/c1-15(6-9-4-8(12)7-18-9)19(16,17)11-5-14-3-2-10(11)13/h2-5,7H,6H2,1H3. The predicted octanol–water partition coefficient (Wildman–Crippen LogP) is 3.38. The summed E-state index contributed by atoms with van der Waals surface area (Å²) >= 11 is 10.7. The van der Waals surface area contributed by atoms with Crippen molar-refractivity contribution < 1.29 is 8.42 Å². The van der Waals surface area contributed by atoms with Gasteiger partial charge in [-0.25, -0.2) is 8.42 Å². The average molecular weight is 382 g/mol. The lowest BCUT2D eigenvalue weighted by Gasteiger charge is -2.16. The molecule has 19 heavy (non-hydrogen) atoms. The quantitative estimate of drug-likeness (QED) is 0.816. The van der Waals surface area contributed by atoms with Crippen molar-refractivity contribution in [1.29, 1.82) is 0 Å². The molecular formula is C11H10BrClN2O2S2. The summed E-state index contributed by atoms with van der Waals surface area (Å²) in [6.45, 7) is 0.295. The predicted molar refractivity (Wildman–Crippen MR) is 79.9 cm³/mol. The molecule has 0 aromatic carbocycles. The maximum Gasteiger partial charge on any atom is 0.246 e. The smallest absolute Gasteiger partial charge is 0.246 e. The molecule has 102 valence electrons. The molecule has 0 aliphatic carbocycles. The van der Waals surface area contributed by atoms with Crippen molar-refractivity contribution in [1.82, 2.24) is 9.29 Å². The first-order valence-electron chi connectivity index (χ1n) is 5.20. The minimum atomic E-state index is -3.63. The summed E-state index contributed by atoms with van der Waals surface area (Å²) < 4.78 is 26.9. The molecule has 2 aromatic rings. The lowest BCUT2D eigenvalue weighted by atomic mass is 10.5. The van der Waals surface area contributed by atoms with Crippen molar-refractivity contribution in [3.8, 4) is 0 Å². The number of hydrogen-bond donors (Lipinski definition) is 0. The number of pyridine rings is 1. The van der Waals surface area contributed by atoms with E-state index in [4.69, 9.17) is 11.6 Å². The van der Waals surface area contributed by atoms with Crippen LogP contribution in [-0.4, -0.2) is 24.8 Å². The van der Waals surface area contributed by atoms with Crippen LogP contribution >= 0.6 is 38.9 Å². The van der Waals surface area contributed by atoms with Crippen molar-refractivity contribution in [3.05, 3.63) is 44.3 Å². The molecular weight excluding hydrogens is 372 g/mol. The van der Waals surface area contributed by atoms with Gasteiger partial charge in [0, 0.05) is 40.7 Å². The van der Waals surface area contributed by atoms with Gasteiger partial charge in [-0.15, -0.1) is 11.3 Å². The first kappa shape index (κ1) is 14.9. The van der Waals surface area contributed by atoms with E-state index < -0.39 is 10.0 Å². The Balaban J connectivity index is 2.27. The third kappa shape index (κ3) is 3.35. The molecule has 0 atom stereocenters. The molecule has 0 aliphatic heterocycles. The molecule has 8 heteroatoms. The SMILES string of the molecule is CN(Cc1cc(Br)cs1)S(=O)(=O)c1cnccc1Cl. The van der Waals surface area contributed by atoms with Crippen LogP contribution in [0.5, 0.6) is 0 Å². The van der Waals surface area contributed by atoms with Crippen LogP contribution < -0.4 is 0 Å². The van der Waals surface area contributed by atoms with Crippen LogP contribution in [0.25, 0.3) is 0 Å². The Bertz CT molecular complexity index is 688. The largest absolute Gasteiger partial charge is 0.263 e.